The van der Waals surface area contributed by atoms with Crippen LogP contribution in [0.25, 0.3) is 0 Å². The first-order valence-corrected chi connectivity index (χ1v) is 4.74. The van der Waals surface area contributed by atoms with Gasteiger partial charge < -0.3 is 19.9 Å². The molecule has 0 aliphatic heterocycles. The molecule has 0 aliphatic carbocycles. The van der Waals surface area contributed by atoms with Crippen molar-refractivity contribution in [2.45, 2.75) is 25.3 Å². The van der Waals surface area contributed by atoms with Crippen molar-refractivity contribution in [3.05, 3.63) is 4.91 Å². The monoisotopic (exact) mass is 220 g/mol. The molecule has 0 aromatic carbocycles. The number of nitrogens with two attached hydrogens (primary N) is 1. The van der Waals surface area contributed by atoms with E-state index in [0.717, 1.165) is 0 Å². The maximum atomic E-state index is 10.7. The van der Waals surface area contributed by atoms with Gasteiger partial charge in [0.2, 0.25) is 0 Å². The van der Waals surface area contributed by atoms with Gasteiger partial charge in [0.1, 0.15) is 6.23 Å². The standard InChI is InChI=1S/C9H20N2O4/c1-6(5-13-2)8(14-3)7(11-12)9(10)15-4/h6-9H,5,10H2,1-4H3. The van der Waals surface area contributed by atoms with Gasteiger partial charge in [-0.15, -0.1) is 0 Å². The Bertz CT molecular complexity index is 179. The zero-order valence-electron chi connectivity index (χ0n) is 9.67. The molecule has 0 bridgehead atoms. The van der Waals surface area contributed by atoms with Crippen LogP contribution >= 0.6 is 0 Å². The summed E-state index contributed by atoms with van der Waals surface area (Å²) in [7, 11) is 4.52. The molecule has 0 saturated heterocycles. The molecule has 0 radical (unpaired) electrons. The van der Waals surface area contributed by atoms with E-state index in [2.05, 4.69) is 5.18 Å². The normalized spacial score (nSPS) is 19.3. The summed E-state index contributed by atoms with van der Waals surface area (Å²) in [5.41, 5.74) is 5.60. The van der Waals surface area contributed by atoms with E-state index in [0.29, 0.717) is 6.61 Å². The SMILES string of the molecule is COCC(C)C(OC)C(N=O)C(N)OC. The summed E-state index contributed by atoms with van der Waals surface area (Å²) in [4.78, 5) is 10.7. The van der Waals surface area contributed by atoms with E-state index in [1.165, 1.54) is 14.2 Å². The zero-order chi connectivity index (χ0) is 11.8. The minimum Gasteiger partial charge on any atom is -0.384 e. The lowest BCUT2D eigenvalue weighted by molar-refractivity contribution is -0.0345. The molecule has 0 saturated carbocycles. The minimum absolute atomic E-state index is 0.0175. The molecule has 0 heterocycles. The van der Waals surface area contributed by atoms with Crippen LogP contribution in [-0.2, 0) is 14.2 Å². The molecule has 0 aromatic rings. The Hall–Kier alpha value is -0.560. The van der Waals surface area contributed by atoms with Gasteiger partial charge in [-0.2, -0.15) is 4.91 Å². The van der Waals surface area contributed by atoms with E-state index in [1.54, 1.807) is 7.11 Å². The highest BCUT2D eigenvalue weighted by atomic mass is 16.5. The Balaban J connectivity index is 4.51. The van der Waals surface area contributed by atoms with Gasteiger partial charge in [0.15, 0.2) is 6.04 Å². The molecule has 4 atom stereocenters. The summed E-state index contributed by atoms with van der Waals surface area (Å²) >= 11 is 0. The largest absolute Gasteiger partial charge is 0.384 e. The van der Waals surface area contributed by atoms with Crippen molar-refractivity contribution < 1.29 is 14.2 Å². The fourth-order valence-electron chi connectivity index (χ4n) is 1.51. The van der Waals surface area contributed by atoms with E-state index in [4.69, 9.17) is 19.9 Å². The molecule has 15 heavy (non-hydrogen) atoms. The highest BCUT2D eigenvalue weighted by Crippen LogP contribution is 2.16. The number of nitroso groups, excluding NO2 is 1. The predicted octanol–water partition coefficient (Wildman–Crippen LogP) is 0.350. The van der Waals surface area contributed by atoms with Crippen molar-refractivity contribution >= 4 is 0 Å². The highest BCUT2D eigenvalue weighted by Gasteiger charge is 2.32. The maximum Gasteiger partial charge on any atom is 0.157 e. The molecule has 0 aromatic heterocycles. The third-order valence-corrected chi connectivity index (χ3v) is 2.33. The van der Waals surface area contributed by atoms with Crippen molar-refractivity contribution in [3.8, 4) is 0 Å². The average molecular weight is 220 g/mol. The Labute approximate surface area is 90.0 Å². The first kappa shape index (κ1) is 14.4. The van der Waals surface area contributed by atoms with Gasteiger partial charge >= 0.3 is 0 Å². The van der Waals surface area contributed by atoms with E-state index < -0.39 is 18.4 Å². The zero-order valence-corrected chi connectivity index (χ0v) is 9.67. The average Bonchev–Trinajstić information content (AvgIpc) is 2.24. The number of nitrogens with zero attached hydrogens (tertiary/aromatic N) is 1. The summed E-state index contributed by atoms with van der Waals surface area (Å²) in [6, 6.07) is -0.731. The summed E-state index contributed by atoms with van der Waals surface area (Å²) in [5, 5.41) is 2.95. The molecule has 0 amide bonds. The van der Waals surface area contributed by atoms with Gasteiger partial charge in [0.05, 0.1) is 12.7 Å². The van der Waals surface area contributed by atoms with Crippen LogP contribution < -0.4 is 5.73 Å². The van der Waals surface area contributed by atoms with Crippen molar-refractivity contribution in [2.24, 2.45) is 16.8 Å². The van der Waals surface area contributed by atoms with Gasteiger partial charge in [-0.3, -0.25) is 0 Å². The first-order chi connectivity index (χ1) is 7.12. The van der Waals surface area contributed by atoms with E-state index in [9.17, 15) is 4.91 Å². The number of rotatable bonds is 8. The van der Waals surface area contributed by atoms with Crippen molar-refractivity contribution in [3.63, 3.8) is 0 Å². The van der Waals surface area contributed by atoms with Crippen molar-refractivity contribution in [1.82, 2.24) is 0 Å². The van der Waals surface area contributed by atoms with Gasteiger partial charge in [0, 0.05) is 27.2 Å². The lowest BCUT2D eigenvalue weighted by Gasteiger charge is -2.28. The molecule has 6 heteroatoms. The third kappa shape index (κ3) is 4.21. The maximum absolute atomic E-state index is 10.7. The van der Waals surface area contributed by atoms with Crippen molar-refractivity contribution in [1.29, 1.82) is 0 Å². The Morgan fingerprint density at radius 1 is 1.27 bits per heavy atom. The van der Waals surface area contributed by atoms with Crippen LogP contribution in [-0.4, -0.2) is 46.3 Å². The molecule has 90 valence electrons. The number of ether oxygens (including phenoxy) is 3. The molecule has 6 nitrogen and oxygen atoms in total. The van der Waals surface area contributed by atoms with E-state index >= 15 is 0 Å². The van der Waals surface area contributed by atoms with Gasteiger partial charge in [0.25, 0.3) is 0 Å². The van der Waals surface area contributed by atoms with Crippen LogP contribution in [0, 0.1) is 10.8 Å². The van der Waals surface area contributed by atoms with Gasteiger partial charge in [-0.05, 0) is 0 Å². The fourth-order valence-corrected chi connectivity index (χ4v) is 1.51. The van der Waals surface area contributed by atoms with Crippen LogP contribution in [0.5, 0.6) is 0 Å². The van der Waals surface area contributed by atoms with Crippen LogP contribution in [0.2, 0.25) is 0 Å². The topological polar surface area (TPSA) is 83.1 Å². The minimum atomic E-state index is -0.758. The second-order valence-electron chi connectivity index (χ2n) is 3.43. The second-order valence-corrected chi connectivity index (χ2v) is 3.43. The molecular weight excluding hydrogens is 200 g/mol. The lowest BCUT2D eigenvalue weighted by Crippen LogP contribution is -2.47. The summed E-state index contributed by atoms with van der Waals surface area (Å²) in [5.74, 6) is 0.0175. The molecule has 2 N–H and O–H groups in total. The predicted molar refractivity (Wildman–Crippen MR) is 56.4 cm³/mol. The molecule has 0 rings (SSSR count). The molecule has 0 fully saturated rings. The fraction of sp³-hybridized carbons (Fsp3) is 1.00. The molecular formula is C9H20N2O4. The smallest absolute Gasteiger partial charge is 0.157 e. The highest BCUT2D eigenvalue weighted by molar-refractivity contribution is 4.84. The van der Waals surface area contributed by atoms with Gasteiger partial charge in [-0.1, -0.05) is 12.1 Å². The Kier molecular flexibility index (Phi) is 7.41. The summed E-state index contributed by atoms with van der Waals surface area (Å²) in [6.07, 6.45) is -1.16. The molecule has 0 spiro atoms. The summed E-state index contributed by atoms with van der Waals surface area (Å²) in [6.45, 7) is 2.37. The number of hydrogen-bond donors (Lipinski definition) is 1. The van der Waals surface area contributed by atoms with Crippen LogP contribution in [0.3, 0.4) is 0 Å². The van der Waals surface area contributed by atoms with E-state index in [1.807, 2.05) is 6.92 Å². The lowest BCUT2D eigenvalue weighted by atomic mass is 9.98. The van der Waals surface area contributed by atoms with Crippen LogP contribution in [0.1, 0.15) is 6.92 Å². The Morgan fingerprint density at radius 3 is 2.20 bits per heavy atom. The Morgan fingerprint density at radius 2 is 1.87 bits per heavy atom. The van der Waals surface area contributed by atoms with Crippen LogP contribution in [0.15, 0.2) is 5.18 Å². The molecule has 0 aliphatic rings. The number of hydrogen-bond acceptors (Lipinski definition) is 6. The molecule has 4 unspecified atom stereocenters. The second kappa shape index (κ2) is 7.70. The first-order valence-electron chi connectivity index (χ1n) is 4.74. The summed E-state index contributed by atoms with van der Waals surface area (Å²) < 4.78 is 15.1. The van der Waals surface area contributed by atoms with Crippen LogP contribution in [0.4, 0.5) is 0 Å². The number of methoxy groups -OCH3 is 3. The van der Waals surface area contributed by atoms with E-state index in [-0.39, 0.29) is 5.92 Å². The quantitative estimate of drug-likeness (QED) is 0.471. The third-order valence-electron chi connectivity index (χ3n) is 2.33. The van der Waals surface area contributed by atoms with Crippen molar-refractivity contribution in [2.75, 3.05) is 27.9 Å². The van der Waals surface area contributed by atoms with Gasteiger partial charge in [-0.25, -0.2) is 0 Å².